The van der Waals surface area contributed by atoms with Crippen LogP contribution in [0.3, 0.4) is 0 Å². The summed E-state index contributed by atoms with van der Waals surface area (Å²) in [4.78, 5) is 3.57. The fourth-order valence-corrected chi connectivity index (χ4v) is 1.73. The molecule has 0 aliphatic heterocycles. The standard InChI is InChI=1S/C17H16FN/c1-2-3-4-14-5-7-15(8-6-14)9-10-16-11-12-17(18)19-13-16/h5-8,11-13H,2-4H2,1H3. The molecule has 0 saturated heterocycles. The van der Waals surface area contributed by atoms with E-state index in [0.717, 1.165) is 17.5 Å². The van der Waals surface area contributed by atoms with Crippen LogP contribution in [0.25, 0.3) is 0 Å². The van der Waals surface area contributed by atoms with Crippen LogP contribution in [0.4, 0.5) is 4.39 Å². The molecule has 1 aromatic carbocycles. The van der Waals surface area contributed by atoms with Gasteiger partial charge in [0.05, 0.1) is 0 Å². The molecule has 1 nitrogen and oxygen atoms in total. The molecule has 0 radical (unpaired) electrons. The quantitative estimate of drug-likeness (QED) is 0.596. The summed E-state index contributed by atoms with van der Waals surface area (Å²) in [6.45, 7) is 2.19. The van der Waals surface area contributed by atoms with E-state index >= 15 is 0 Å². The number of hydrogen-bond donors (Lipinski definition) is 0. The molecule has 0 aliphatic carbocycles. The van der Waals surface area contributed by atoms with Gasteiger partial charge in [0.25, 0.3) is 0 Å². The van der Waals surface area contributed by atoms with Gasteiger partial charge in [-0.05, 0) is 42.7 Å². The van der Waals surface area contributed by atoms with Gasteiger partial charge >= 0.3 is 0 Å². The summed E-state index contributed by atoms with van der Waals surface area (Å²) >= 11 is 0. The monoisotopic (exact) mass is 253 g/mol. The largest absolute Gasteiger partial charge is 0.227 e. The Morgan fingerprint density at radius 3 is 2.32 bits per heavy atom. The summed E-state index contributed by atoms with van der Waals surface area (Å²) in [5.41, 5.74) is 3.02. The van der Waals surface area contributed by atoms with Gasteiger partial charge in [-0.3, -0.25) is 0 Å². The van der Waals surface area contributed by atoms with Crippen LogP contribution in [-0.2, 0) is 6.42 Å². The Bertz CT molecular complexity index is 573. The number of benzene rings is 1. The number of hydrogen-bond acceptors (Lipinski definition) is 1. The van der Waals surface area contributed by atoms with Crippen LogP contribution >= 0.6 is 0 Å². The maximum atomic E-state index is 12.6. The molecule has 0 fully saturated rings. The first-order chi connectivity index (χ1) is 9.28. The molecule has 0 bridgehead atoms. The second-order valence-corrected chi connectivity index (χ2v) is 4.42. The molecule has 1 heterocycles. The zero-order chi connectivity index (χ0) is 13.5. The Hall–Kier alpha value is -2.14. The zero-order valence-electron chi connectivity index (χ0n) is 11.0. The van der Waals surface area contributed by atoms with E-state index < -0.39 is 5.95 Å². The molecule has 0 amide bonds. The number of nitrogens with zero attached hydrogens (tertiary/aromatic N) is 1. The van der Waals surface area contributed by atoms with E-state index in [4.69, 9.17) is 0 Å². The highest BCUT2D eigenvalue weighted by Crippen LogP contribution is 2.07. The molecule has 2 rings (SSSR count). The van der Waals surface area contributed by atoms with Crippen molar-refractivity contribution in [3.8, 4) is 11.8 Å². The Morgan fingerprint density at radius 1 is 1.00 bits per heavy atom. The normalized spacial score (nSPS) is 9.79. The molecule has 0 aliphatic rings. The molecule has 0 spiro atoms. The van der Waals surface area contributed by atoms with Crippen LogP contribution < -0.4 is 0 Å². The molecule has 0 unspecified atom stereocenters. The summed E-state index contributed by atoms with van der Waals surface area (Å²) in [6.07, 6.45) is 4.98. The lowest BCUT2D eigenvalue weighted by atomic mass is 10.1. The summed E-state index contributed by atoms with van der Waals surface area (Å²) in [6, 6.07) is 11.2. The second kappa shape index (κ2) is 6.70. The van der Waals surface area contributed by atoms with E-state index in [1.54, 1.807) is 6.07 Å². The van der Waals surface area contributed by atoms with Gasteiger partial charge in [0.2, 0.25) is 5.95 Å². The molecule has 96 valence electrons. The van der Waals surface area contributed by atoms with Gasteiger partial charge in [-0.25, -0.2) is 4.98 Å². The molecule has 2 heteroatoms. The molecule has 1 aromatic heterocycles. The van der Waals surface area contributed by atoms with Gasteiger partial charge in [-0.15, -0.1) is 0 Å². The van der Waals surface area contributed by atoms with Crippen molar-refractivity contribution in [2.45, 2.75) is 26.2 Å². The third kappa shape index (κ3) is 4.22. The molecule has 0 saturated carbocycles. The topological polar surface area (TPSA) is 12.9 Å². The molecule has 0 atom stereocenters. The smallest absolute Gasteiger partial charge is 0.212 e. The van der Waals surface area contributed by atoms with Gasteiger partial charge in [0, 0.05) is 17.3 Å². The highest BCUT2D eigenvalue weighted by Gasteiger charge is 1.93. The van der Waals surface area contributed by atoms with Crippen molar-refractivity contribution in [3.63, 3.8) is 0 Å². The van der Waals surface area contributed by atoms with Crippen molar-refractivity contribution in [1.29, 1.82) is 0 Å². The van der Waals surface area contributed by atoms with Crippen molar-refractivity contribution >= 4 is 0 Å². The fourth-order valence-electron chi connectivity index (χ4n) is 1.73. The molecular weight excluding hydrogens is 237 g/mol. The van der Waals surface area contributed by atoms with Crippen LogP contribution in [0, 0.1) is 17.8 Å². The molecule has 0 N–H and O–H groups in total. The van der Waals surface area contributed by atoms with E-state index in [-0.39, 0.29) is 0 Å². The maximum Gasteiger partial charge on any atom is 0.212 e. The zero-order valence-corrected chi connectivity index (χ0v) is 11.0. The first kappa shape index (κ1) is 13.3. The number of pyridine rings is 1. The highest BCUT2D eigenvalue weighted by atomic mass is 19.1. The Balaban J connectivity index is 2.05. The minimum absolute atomic E-state index is 0.481. The second-order valence-electron chi connectivity index (χ2n) is 4.42. The lowest BCUT2D eigenvalue weighted by Crippen LogP contribution is -1.85. The fraction of sp³-hybridized carbons (Fsp3) is 0.235. The van der Waals surface area contributed by atoms with Crippen molar-refractivity contribution in [1.82, 2.24) is 4.98 Å². The van der Waals surface area contributed by atoms with Gasteiger partial charge < -0.3 is 0 Å². The van der Waals surface area contributed by atoms with Gasteiger partial charge in [0.15, 0.2) is 0 Å². The maximum absolute atomic E-state index is 12.6. The predicted molar refractivity (Wildman–Crippen MR) is 75.2 cm³/mol. The van der Waals surface area contributed by atoms with Crippen molar-refractivity contribution in [2.24, 2.45) is 0 Å². The summed E-state index contributed by atoms with van der Waals surface area (Å²) in [5, 5.41) is 0. The predicted octanol–water partition coefficient (Wildman–Crippen LogP) is 3.96. The van der Waals surface area contributed by atoms with E-state index in [1.165, 1.54) is 30.7 Å². The third-order valence-electron chi connectivity index (χ3n) is 2.85. The van der Waals surface area contributed by atoms with Crippen LogP contribution in [0.1, 0.15) is 36.5 Å². The van der Waals surface area contributed by atoms with Gasteiger partial charge in [-0.1, -0.05) is 37.3 Å². The number of halogens is 1. The summed E-state index contributed by atoms with van der Waals surface area (Å²) in [5.74, 6) is 5.54. The summed E-state index contributed by atoms with van der Waals surface area (Å²) in [7, 11) is 0. The van der Waals surface area contributed by atoms with E-state index in [9.17, 15) is 4.39 Å². The molecule has 19 heavy (non-hydrogen) atoms. The van der Waals surface area contributed by atoms with Gasteiger partial charge in [0.1, 0.15) is 0 Å². The van der Waals surface area contributed by atoms with Crippen molar-refractivity contribution < 1.29 is 4.39 Å². The molecule has 2 aromatic rings. The van der Waals surface area contributed by atoms with Crippen LogP contribution in [0.2, 0.25) is 0 Å². The Morgan fingerprint density at radius 2 is 1.68 bits per heavy atom. The van der Waals surface area contributed by atoms with Crippen LogP contribution in [-0.4, -0.2) is 4.98 Å². The number of rotatable bonds is 3. The van der Waals surface area contributed by atoms with Crippen LogP contribution in [0.5, 0.6) is 0 Å². The minimum atomic E-state index is -0.481. The van der Waals surface area contributed by atoms with Gasteiger partial charge in [-0.2, -0.15) is 4.39 Å². The van der Waals surface area contributed by atoms with Crippen molar-refractivity contribution in [2.75, 3.05) is 0 Å². The Labute approximate surface area is 113 Å². The SMILES string of the molecule is CCCCc1ccc(C#Cc2ccc(F)nc2)cc1. The third-order valence-corrected chi connectivity index (χ3v) is 2.85. The average molecular weight is 253 g/mol. The first-order valence-electron chi connectivity index (χ1n) is 6.50. The summed E-state index contributed by atoms with van der Waals surface area (Å²) < 4.78 is 12.6. The lowest BCUT2D eigenvalue weighted by Gasteiger charge is -1.99. The van der Waals surface area contributed by atoms with E-state index in [2.05, 4.69) is 35.9 Å². The molecular formula is C17H16FN. The van der Waals surface area contributed by atoms with Crippen LogP contribution in [0.15, 0.2) is 42.6 Å². The average Bonchev–Trinajstić information content (AvgIpc) is 2.46. The van der Waals surface area contributed by atoms with Crippen molar-refractivity contribution in [3.05, 3.63) is 65.2 Å². The Kier molecular flexibility index (Phi) is 4.69. The van der Waals surface area contributed by atoms with E-state index in [0.29, 0.717) is 0 Å². The number of unbranched alkanes of at least 4 members (excludes halogenated alkanes) is 1. The van der Waals surface area contributed by atoms with E-state index in [1.807, 2.05) is 12.1 Å². The highest BCUT2D eigenvalue weighted by molar-refractivity contribution is 5.42. The number of aryl methyl sites for hydroxylation is 1. The first-order valence-corrected chi connectivity index (χ1v) is 6.50. The lowest BCUT2D eigenvalue weighted by molar-refractivity contribution is 0.583. The number of aromatic nitrogens is 1. The minimum Gasteiger partial charge on any atom is -0.227 e.